The van der Waals surface area contributed by atoms with Crippen molar-refractivity contribution in [3.05, 3.63) is 60.2 Å². The molecule has 2 heteroatoms. The predicted octanol–water partition coefficient (Wildman–Crippen LogP) is 2.80. The Morgan fingerprint density at radius 3 is 2.40 bits per heavy atom. The van der Waals surface area contributed by atoms with Crippen molar-refractivity contribution in [1.82, 2.24) is 10.2 Å². The van der Waals surface area contributed by atoms with Crippen molar-refractivity contribution in [1.29, 1.82) is 0 Å². The fourth-order valence-electron chi connectivity index (χ4n) is 2.83. The minimum absolute atomic E-state index is 0.617. The number of hydrogen-bond donors (Lipinski definition) is 1. The van der Waals surface area contributed by atoms with Crippen LogP contribution in [-0.2, 0) is 6.42 Å². The number of hydrogen-bond acceptors (Lipinski definition) is 2. The summed E-state index contributed by atoms with van der Waals surface area (Å²) in [6, 6.07) is 20.2. The molecule has 1 heterocycles. The summed E-state index contributed by atoms with van der Waals surface area (Å²) in [4.78, 5) is 2.46. The van der Waals surface area contributed by atoms with Crippen LogP contribution in [0.1, 0.15) is 5.56 Å². The van der Waals surface area contributed by atoms with Gasteiger partial charge in [-0.3, -0.25) is 0 Å². The molecule has 3 rings (SSSR count). The van der Waals surface area contributed by atoms with Crippen LogP contribution >= 0.6 is 0 Å². The maximum atomic E-state index is 3.48. The summed E-state index contributed by atoms with van der Waals surface area (Å²) in [6.45, 7) is 3.35. The fraction of sp³-hybridized carbons (Fsp3) is 0.333. The molecule has 1 fully saturated rings. The van der Waals surface area contributed by atoms with Crippen molar-refractivity contribution in [3.63, 3.8) is 0 Å². The third-order valence-electron chi connectivity index (χ3n) is 4.18. The van der Waals surface area contributed by atoms with Crippen LogP contribution in [-0.4, -0.2) is 37.6 Å². The van der Waals surface area contributed by atoms with Gasteiger partial charge in [-0.25, -0.2) is 0 Å². The Hall–Kier alpha value is -1.64. The highest BCUT2D eigenvalue weighted by atomic mass is 15.2. The second-order valence-electron chi connectivity index (χ2n) is 5.61. The smallest absolute Gasteiger partial charge is 0.0258 e. The fourth-order valence-corrected chi connectivity index (χ4v) is 2.83. The van der Waals surface area contributed by atoms with E-state index in [1.165, 1.54) is 16.7 Å². The van der Waals surface area contributed by atoms with E-state index in [0.717, 1.165) is 26.1 Å². The summed E-state index contributed by atoms with van der Waals surface area (Å²) < 4.78 is 0. The number of nitrogens with zero attached hydrogens (tertiary/aromatic N) is 1. The molecule has 2 nitrogen and oxygen atoms in total. The third kappa shape index (κ3) is 3.09. The van der Waals surface area contributed by atoms with Crippen LogP contribution in [0.2, 0.25) is 0 Å². The summed E-state index contributed by atoms with van der Waals surface area (Å²) in [6.07, 6.45) is 1.12. The monoisotopic (exact) mass is 266 g/mol. The summed E-state index contributed by atoms with van der Waals surface area (Å²) in [5.74, 6) is 0. The summed E-state index contributed by atoms with van der Waals surface area (Å²) in [5, 5.41) is 3.48. The van der Waals surface area contributed by atoms with Crippen LogP contribution in [0.15, 0.2) is 54.6 Å². The second kappa shape index (κ2) is 6.21. The Labute approximate surface area is 121 Å². The number of piperazine rings is 1. The Morgan fingerprint density at radius 1 is 1.00 bits per heavy atom. The molecule has 0 amide bonds. The maximum absolute atomic E-state index is 3.48. The Kier molecular flexibility index (Phi) is 4.14. The van der Waals surface area contributed by atoms with E-state index >= 15 is 0 Å². The molecule has 1 unspecified atom stereocenters. The predicted molar refractivity (Wildman–Crippen MR) is 84.9 cm³/mol. The molecule has 1 N–H and O–H groups in total. The van der Waals surface area contributed by atoms with Crippen LogP contribution in [0.3, 0.4) is 0 Å². The molecule has 1 aliphatic rings. The van der Waals surface area contributed by atoms with Crippen molar-refractivity contribution in [3.8, 4) is 11.1 Å². The van der Waals surface area contributed by atoms with Gasteiger partial charge in [0.15, 0.2) is 0 Å². The van der Waals surface area contributed by atoms with Crippen LogP contribution < -0.4 is 5.32 Å². The SMILES string of the molecule is CN1CCNCC1Cc1ccc(-c2ccccc2)cc1. The lowest BCUT2D eigenvalue weighted by atomic mass is 9.99. The molecule has 0 aliphatic carbocycles. The van der Waals surface area contributed by atoms with Gasteiger partial charge in [-0.05, 0) is 30.2 Å². The molecule has 20 heavy (non-hydrogen) atoms. The van der Waals surface area contributed by atoms with Crippen molar-refractivity contribution in [2.45, 2.75) is 12.5 Å². The minimum Gasteiger partial charge on any atom is -0.314 e. The molecular weight excluding hydrogens is 244 g/mol. The first kappa shape index (κ1) is 13.3. The van der Waals surface area contributed by atoms with Gasteiger partial charge in [-0.1, -0.05) is 54.6 Å². The lowest BCUT2D eigenvalue weighted by Crippen LogP contribution is -2.50. The first-order chi connectivity index (χ1) is 9.83. The molecule has 0 aromatic heterocycles. The van der Waals surface area contributed by atoms with E-state index in [0.29, 0.717) is 6.04 Å². The largest absolute Gasteiger partial charge is 0.314 e. The molecule has 1 saturated heterocycles. The third-order valence-corrected chi connectivity index (χ3v) is 4.18. The second-order valence-corrected chi connectivity index (χ2v) is 5.61. The van der Waals surface area contributed by atoms with Gasteiger partial charge < -0.3 is 10.2 Å². The van der Waals surface area contributed by atoms with E-state index in [1.807, 2.05) is 0 Å². The highest BCUT2D eigenvalue weighted by Crippen LogP contribution is 2.20. The number of nitrogens with one attached hydrogen (secondary N) is 1. The molecule has 104 valence electrons. The van der Waals surface area contributed by atoms with E-state index < -0.39 is 0 Å². The van der Waals surface area contributed by atoms with Crippen LogP contribution in [0.5, 0.6) is 0 Å². The highest BCUT2D eigenvalue weighted by Gasteiger charge is 2.18. The maximum Gasteiger partial charge on any atom is 0.0258 e. The first-order valence-electron chi connectivity index (χ1n) is 7.38. The minimum atomic E-state index is 0.617. The van der Waals surface area contributed by atoms with Gasteiger partial charge in [0, 0.05) is 25.7 Å². The average molecular weight is 266 g/mol. The number of rotatable bonds is 3. The van der Waals surface area contributed by atoms with Crippen LogP contribution in [0.4, 0.5) is 0 Å². The van der Waals surface area contributed by atoms with Gasteiger partial charge in [0.25, 0.3) is 0 Å². The normalized spacial score (nSPS) is 19.9. The molecule has 2 aromatic carbocycles. The number of likely N-dealkylation sites (N-methyl/N-ethyl adjacent to an activating group) is 1. The molecule has 1 aliphatic heterocycles. The van der Waals surface area contributed by atoms with E-state index in [1.54, 1.807) is 0 Å². The molecular formula is C18H22N2. The standard InChI is InChI=1S/C18H22N2/c1-20-12-11-19-14-18(20)13-15-7-9-17(10-8-15)16-5-3-2-4-6-16/h2-10,18-19H,11-14H2,1H3. The van der Waals surface area contributed by atoms with Crippen molar-refractivity contribution in [2.24, 2.45) is 0 Å². The number of benzene rings is 2. The van der Waals surface area contributed by atoms with Gasteiger partial charge in [0.1, 0.15) is 0 Å². The van der Waals surface area contributed by atoms with Crippen molar-refractivity contribution in [2.75, 3.05) is 26.7 Å². The Morgan fingerprint density at radius 2 is 1.70 bits per heavy atom. The topological polar surface area (TPSA) is 15.3 Å². The zero-order valence-corrected chi connectivity index (χ0v) is 12.0. The first-order valence-corrected chi connectivity index (χ1v) is 7.38. The molecule has 0 spiro atoms. The zero-order chi connectivity index (χ0) is 13.8. The molecule has 0 saturated carbocycles. The van der Waals surface area contributed by atoms with E-state index in [2.05, 4.69) is 71.9 Å². The van der Waals surface area contributed by atoms with Gasteiger partial charge in [-0.15, -0.1) is 0 Å². The molecule has 1 atom stereocenters. The highest BCUT2D eigenvalue weighted by molar-refractivity contribution is 5.63. The van der Waals surface area contributed by atoms with Gasteiger partial charge >= 0.3 is 0 Å². The summed E-state index contributed by atoms with van der Waals surface area (Å²) >= 11 is 0. The summed E-state index contributed by atoms with van der Waals surface area (Å²) in [5.41, 5.74) is 4.00. The molecule has 0 radical (unpaired) electrons. The van der Waals surface area contributed by atoms with E-state index in [9.17, 15) is 0 Å². The van der Waals surface area contributed by atoms with E-state index in [-0.39, 0.29) is 0 Å². The van der Waals surface area contributed by atoms with E-state index in [4.69, 9.17) is 0 Å². The van der Waals surface area contributed by atoms with Crippen LogP contribution in [0.25, 0.3) is 11.1 Å². The van der Waals surface area contributed by atoms with Gasteiger partial charge in [-0.2, -0.15) is 0 Å². The Bertz CT molecular complexity index is 533. The summed E-state index contributed by atoms with van der Waals surface area (Å²) in [7, 11) is 2.23. The quantitative estimate of drug-likeness (QED) is 0.919. The average Bonchev–Trinajstić information content (AvgIpc) is 2.51. The van der Waals surface area contributed by atoms with Gasteiger partial charge in [0.2, 0.25) is 0 Å². The molecule has 2 aromatic rings. The van der Waals surface area contributed by atoms with Crippen molar-refractivity contribution < 1.29 is 0 Å². The lowest BCUT2D eigenvalue weighted by Gasteiger charge is -2.33. The lowest BCUT2D eigenvalue weighted by molar-refractivity contribution is 0.199. The zero-order valence-electron chi connectivity index (χ0n) is 12.0. The molecule has 0 bridgehead atoms. The van der Waals surface area contributed by atoms with Gasteiger partial charge in [0.05, 0.1) is 0 Å². The van der Waals surface area contributed by atoms with Crippen molar-refractivity contribution >= 4 is 0 Å². The van der Waals surface area contributed by atoms with Crippen LogP contribution in [0, 0.1) is 0 Å². The Balaban J connectivity index is 1.70.